The average Bonchev–Trinajstić information content (AvgIpc) is 3.20. The van der Waals surface area contributed by atoms with Gasteiger partial charge in [-0.05, 0) is 55.2 Å². The fourth-order valence-electron chi connectivity index (χ4n) is 4.80. The second-order valence-corrected chi connectivity index (χ2v) is 10.5. The molecule has 0 saturated carbocycles. The first-order valence-corrected chi connectivity index (χ1v) is 14.0. The van der Waals surface area contributed by atoms with E-state index >= 15 is 0 Å². The fourth-order valence-corrected chi connectivity index (χ4v) is 5.01. The molecule has 4 rings (SSSR count). The first-order valence-electron chi connectivity index (χ1n) is 13.6. The Hall–Kier alpha value is -3.97. The summed E-state index contributed by atoms with van der Waals surface area (Å²) in [4.78, 5) is 55.7. The van der Waals surface area contributed by atoms with Crippen LogP contribution in [0.5, 0.6) is 0 Å². The standard InChI is InChI=1S/C32H34ClN3O4/c1-3-22(2)34-30(38)28(20-23-11-5-4-6-12-23)36(21-24-13-9-14-25(33)19-24)29(37)17-10-18-35-31(39)26-15-7-8-16-27(26)32(35)40/h4-9,11-16,19,22,28H,3,10,17-18,20-21H2,1-2H3,(H,34,38)/t22-,28+/m1/s1. The molecule has 0 radical (unpaired) electrons. The van der Waals surface area contributed by atoms with Crippen LogP contribution in [-0.2, 0) is 22.6 Å². The van der Waals surface area contributed by atoms with E-state index in [-0.39, 0.29) is 55.6 Å². The Morgan fingerprint density at radius 1 is 0.900 bits per heavy atom. The van der Waals surface area contributed by atoms with Crippen molar-refractivity contribution in [3.05, 3.63) is 106 Å². The lowest BCUT2D eigenvalue weighted by Crippen LogP contribution is -2.52. The highest BCUT2D eigenvalue weighted by atomic mass is 35.5. The largest absolute Gasteiger partial charge is 0.352 e. The number of fused-ring (bicyclic) bond motifs is 1. The van der Waals surface area contributed by atoms with Gasteiger partial charge in [-0.2, -0.15) is 0 Å². The van der Waals surface area contributed by atoms with Gasteiger partial charge in [-0.25, -0.2) is 0 Å². The summed E-state index contributed by atoms with van der Waals surface area (Å²) in [5.41, 5.74) is 2.49. The molecule has 1 aliphatic rings. The Balaban J connectivity index is 1.55. The number of hydrogen-bond acceptors (Lipinski definition) is 4. The third-order valence-electron chi connectivity index (χ3n) is 7.16. The van der Waals surface area contributed by atoms with Crippen molar-refractivity contribution in [3.8, 4) is 0 Å². The maximum Gasteiger partial charge on any atom is 0.261 e. The minimum absolute atomic E-state index is 0.0530. The smallest absolute Gasteiger partial charge is 0.261 e. The zero-order valence-corrected chi connectivity index (χ0v) is 23.6. The molecule has 7 nitrogen and oxygen atoms in total. The molecule has 0 aliphatic carbocycles. The highest BCUT2D eigenvalue weighted by molar-refractivity contribution is 6.30. The van der Waals surface area contributed by atoms with Gasteiger partial charge in [-0.15, -0.1) is 0 Å². The molecular formula is C32H34ClN3O4. The van der Waals surface area contributed by atoms with E-state index in [1.54, 1.807) is 41.3 Å². The summed E-state index contributed by atoms with van der Waals surface area (Å²) in [6.45, 7) is 4.23. The van der Waals surface area contributed by atoms with Crippen LogP contribution in [0.25, 0.3) is 0 Å². The van der Waals surface area contributed by atoms with Crippen LogP contribution < -0.4 is 5.32 Å². The Labute approximate surface area is 240 Å². The Morgan fingerprint density at radius 2 is 1.52 bits per heavy atom. The Bertz CT molecular complexity index is 1340. The molecule has 1 aliphatic heterocycles. The van der Waals surface area contributed by atoms with Crippen LogP contribution in [0.3, 0.4) is 0 Å². The topological polar surface area (TPSA) is 86.8 Å². The maximum absolute atomic E-state index is 13.8. The molecule has 208 valence electrons. The van der Waals surface area contributed by atoms with Crippen molar-refractivity contribution in [1.82, 2.24) is 15.1 Å². The molecule has 2 atom stereocenters. The van der Waals surface area contributed by atoms with Crippen molar-refractivity contribution in [3.63, 3.8) is 0 Å². The number of nitrogens with zero attached hydrogens (tertiary/aromatic N) is 2. The SMILES string of the molecule is CC[C@@H](C)NC(=O)[C@H](Cc1ccccc1)N(Cc1cccc(Cl)c1)C(=O)CCCN1C(=O)c2ccccc2C1=O. The summed E-state index contributed by atoms with van der Waals surface area (Å²) in [6, 6.07) is 22.7. The van der Waals surface area contributed by atoms with E-state index in [2.05, 4.69) is 5.32 Å². The fraction of sp³-hybridized carbons (Fsp3) is 0.312. The Kier molecular flexibility index (Phi) is 9.72. The summed E-state index contributed by atoms with van der Waals surface area (Å²) in [6.07, 6.45) is 1.44. The van der Waals surface area contributed by atoms with Gasteiger partial charge in [0, 0.05) is 37.0 Å². The highest BCUT2D eigenvalue weighted by Crippen LogP contribution is 2.23. The molecule has 1 heterocycles. The molecule has 3 aromatic carbocycles. The summed E-state index contributed by atoms with van der Waals surface area (Å²) in [7, 11) is 0. The number of benzene rings is 3. The predicted octanol–water partition coefficient (Wildman–Crippen LogP) is 5.27. The minimum Gasteiger partial charge on any atom is -0.352 e. The molecule has 0 saturated heterocycles. The second-order valence-electron chi connectivity index (χ2n) is 10.1. The number of amides is 4. The zero-order valence-electron chi connectivity index (χ0n) is 22.8. The number of carbonyl (C=O) groups is 4. The quantitative estimate of drug-likeness (QED) is 0.306. The molecule has 40 heavy (non-hydrogen) atoms. The molecule has 0 bridgehead atoms. The normalized spacial score (nSPS) is 14.0. The lowest BCUT2D eigenvalue weighted by molar-refractivity contribution is -0.141. The number of halogens is 1. The third kappa shape index (κ3) is 6.96. The van der Waals surface area contributed by atoms with E-state index in [0.717, 1.165) is 17.5 Å². The van der Waals surface area contributed by atoms with Crippen molar-refractivity contribution in [2.45, 2.75) is 58.2 Å². The van der Waals surface area contributed by atoms with Crippen molar-refractivity contribution in [1.29, 1.82) is 0 Å². The van der Waals surface area contributed by atoms with Gasteiger partial charge in [0.25, 0.3) is 11.8 Å². The van der Waals surface area contributed by atoms with Gasteiger partial charge in [0.15, 0.2) is 0 Å². The van der Waals surface area contributed by atoms with E-state index in [1.807, 2.05) is 56.3 Å². The average molecular weight is 560 g/mol. The van der Waals surface area contributed by atoms with Gasteiger partial charge in [0.1, 0.15) is 6.04 Å². The molecule has 1 N–H and O–H groups in total. The van der Waals surface area contributed by atoms with Crippen molar-refractivity contribution in [2.75, 3.05) is 6.54 Å². The zero-order chi connectivity index (χ0) is 28.6. The van der Waals surface area contributed by atoms with Crippen molar-refractivity contribution in [2.24, 2.45) is 0 Å². The minimum atomic E-state index is -0.762. The predicted molar refractivity (Wildman–Crippen MR) is 155 cm³/mol. The first-order chi connectivity index (χ1) is 19.3. The molecule has 4 amide bonds. The van der Waals surface area contributed by atoms with Gasteiger partial charge >= 0.3 is 0 Å². The molecular weight excluding hydrogens is 526 g/mol. The van der Waals surface area contributed by atoms with E-state index < -0.39 is 6.04 Å². The van der Waals surface area contributed by atoms with Crippen LogP contribution >= 0.6 is 11.6 Å². The van der Waals surface area contributed by atoms with E-state index in [4.69, 9.17) is 11.6 Å². The maximum atomic E-state index is 13.8. The van der Waals surface area contributed by atoms with Gasteiger partial charge in [0.2, 0.25) is 11.8 Å². The third-order valence-corrected chi connectivity index (χ3v) is 7.40. The highest BCUT2D eigenvalue weighted by Gasteiger charge is 2.35. The molecule has 8 heteroatoms. The molecule has 0 fully saturated rings. The van der Waals surface area contributed by atoms with E-state index in [9.17, 15) is 19.2 Å². The number of hydrogen-bond donors (Lipinski definition) is 1. The lowest BCUT2D eigenvalue weighted by atomic mass is 10.0. The summed E-state index contributed by atoms with van der Waals surface area (Å²) in [5, 5.41) is 3.59. The van der Waals surface area contributed by atoms with Crippen LogP contribution in [0.15, 0.2) is 78.9 Å². The molecule has 0 spiro atoms. The molecule has 3 aromatic rings. The van der Waals surface area contributed by atoms with Gasteiger partial charge in [-0.1, -0.05) is 73.1 Å². The van der Waals surface area contributed by atoms with Crippen LogP contribution in [0.1, 0.15) is 65.0 Å². The number of rotatable bonds is 12. The number of imide groups is 1. The van der Waals surface area contributed by atoms with Gasteiger partial charge < -0.3 is 10.2 Å². The lowest BCUT2D eigenvalue weighted by Gasteiger charge is -2.32. The van der Waals surface area contributed by atoms with Gasteiger partial charge in [-0.3, -0.25) is 24.1 Å². The second kappa shape index (κ2) is 13.4. The molecule has 0 aromatic heterocycles. The number of carbonyl (C=O) groups excluding carboxylic acids is 4. The first kappa shape index (κ1) is 29.0. The number of nitrogens with one attached hydrogen (secondary N) is 1. The van der Waals surface area contributed by atoms with Crippen LogP contribution in [0, 0.1) is 0 Å². The summed E-state index contributed by atoms with van der Waals surface area (Å²) < 4.78 is 0. The van der Waals surface area contributed by atoms with Crippen LogP contribution in [-0.4, -0.2) is 52.1 Å². The van der Waals surface area contributed by atoms with E-state index in [1.165, 1.54) is 4.90 Å². The van der Waals surface area contributed by atoms with Crippen molar-refractivity contribution >= 4 is 35.2 Å². The monoisotopic (exact) mass is 559 g/mol. The summed E-state index contributed by atoms with van der Waals surface area (Å²) in [5.74, 6) is -1.16. The van der Waals surface area contributed by atoms with Crippen LogP contribution in [0.4, 0.5) is 0 Å². The van der Waals surface area contributed by atoms with Gasteiger partial charge in [0.05, 0.1) is 11.1 Å². The van der Waals surface area contributed by atoms with Crippen molar-refractivity contribution < 1.29 is 19.2 Å². The van der Waals surface area contributed by atoms with E-state index in [0.29, 0.717) is 22.6 Å². The molecule has 0 unspecified atom stereocenters. The van der Waals surface area contributed by atoms with Crippen LogP contribution in [0.2, 0.25) is 5.02 Å². The Morgan fingerprint density at radius 3 is 2.15 bits per heavy atom. The summed E-state index contributed by atoms with van der Waals surface area (Å²) >= 11 is 6.24.